The van der Waals surface area contributed by atoms with E-state index in [9.17, 15) is 4.79 Å². The van der Waals surface area contributed by atoms with Gasteiger partial charge in [-0.15, -0.1) is 22.7 Å². The number of nitrogens with one attached hydrogen (secondary N) is 1. The second-order valence-corrected chi connectivity index (χ2v) is 9.68. The fourth-order valence-corrected chi connectivity index (χ4v) is 5.16. The summed E-state index contributed by atoms with van der Waals surface area (Å²) >= 11 is 3.08. The standard InChI is InChI=1S/C25H22N4OS2/c1-15-8-9-29-20(24(27-22(29)11-15)18-7-6-16(2)17(3)12-18)13-23(30)28-25-26-19(14-32-25)21-5-4-10-31-21/h4-12,14H,13H2,1-3H3,(H,26,28,30). The summed E-state index contributed by atoms with van der Waals surface area (Å²) in [6.45, 7) is 6.24. The van der Waals surface area contributed by atoms with Crippen LogP contribution in [0, 0.1) is 20.8 Å². The molecule has 5 aromatic rings. The Morgan fingerprint density at radius 3 is 2.69 bits per heavy atom. The predicted octanol–water partition coefficient (Wildman–Crippen LogP) is 6.29. The molecule has 0 bridgehead atoms. The zero-order chi connectivity index (χ0) is 22.2. The zero-order valence-corrected chi connectivity index (χ0v) is 19.7. The molecule has 32 heavy (non-hydrogen) atoms. The zero-order valence-electron chi connectivity index (χ0n) is 18.0. The minimum atomic E-state index is -0.107. The molecule has 0 saturated carbocycles. The van der Waals surface area contributed by atoms with Crippen LogP contribution in [-0.2, 0) is 11.2 Å². The van der Waals surface area contributed by atoms with Crippen LogP contribution in [0.15, 0.2) is 59.4 Å². The smallest absolute Gasteiger partial charge is 0.232 e. The molecule has 7 heteroatoms. The van der Waals surface area contributed by atoms with Gasteiger partial charge >= 0.3 is 0 Å². The fraction of sp³-hybridized carbons (Fsp3) is 0.160. The van der Waals surface area contributed by atoms with Crippen molar-refractivity contribution in [1.82, 2.24) is 14.4 Å². The van der Waals surface area contributed by atoms with Gasteiger partial charge in [-0.05, 0) is 67.1 Å². The molecule has 0 aliphatic carbocycles. The van der Waals surface area contributed by atoms with Crippen molar-refractivity contribution in [2.45, 2.75) is 27.2 Å². The van der Waals surface area contributed by atoms with Gasteiger partial charge in [-0.2, -0.15) is 0 Å². The lowest BCUT2D eigenvalue weighted by Crippen LogP contribution is -2.16. The SMILES string of the molecule is Cc1ccn2c(CC(=O)Nc3nc(-c4cccs4)cs3)c(-c3ccc(C)c(C)c3)nc2c1. The number of imidazole rings is 1. The second kappa shape index (κ2) is 8.33. The molecule has 0 fully saturated rings. The summed E-state index contributed by atoms with van der Waals surface area (Å²) in [5.74, 6) is -0.107. The Bertz CT molecular complexity index is 1430. The van der Waals surface area contributed by atoms with Gasteiger partial charge in [0.05, 0.1) is 28.4 Å². The molecule has 0 aliphatic heterocycles. The van der Waals surface area contributed by atoms with Crippen LogP contribution in [-0.4, -0.2) is 20.3 Å². The van der Waals surface area contributed by atoms with Gasteiger partial charge in [0, 0.05) is 17.1 Å². The molecule has 0 spiro atoms. The highest BCUT2D eigenvalue weighted by Crippen LogP contribution is 2.30. The van der Waals surface area contributed by atoms with E-state index >= 15 is 0 Å². The number of rotatable bonds is 5. The van der Waals surface area contributed by atoms with Gasteiger partial charge < -0.3 is 9.72 Å². The highest BCUT2D eigenvalue weighted by atomic mass is 32.1. The second-order valence-electron chi connectivity index (χ2n) is 7.88. The molecule has 4 aromatic heterocycles. The number of hydrogen-bond acceptors (Lipinski definition) is 5. The van der Waals surface area contributed by atoms with E-state index in [2.05, 4.69) is 42.3 Å². The molecule has 0 unspecified atom stereocenters. The highest BCUT2D eigenvalue weighted by Gasteiger charge is 2.18. The Balaban J connectivity index is 1.47. The lowest BCUT2D eigenvalue weighted by Gasteiger charge is -2.08. The number of carbonyl (C=O) groups excluding carboxylic acids is 1. The van der Waals surface area contributed by atoms with Crippen molar-refractivity contribution >= 4 is 39.4 Å². The maximum atomic E-state index is 13.0. The van der Waals surface area contributed by atoms with Crippen LogP contribution in [0.1, 0.15) is 22.4 Å². The molecule has 1 amide bonds. The van der Waals surface area contributed by atoms with Gasteiger partial charge in [-0.25, -0.2) is 9.97 Å². The summed E-state index contributed by atoms with van der Waals surface area (Å²) in [4.78, 5) is 23.6. The number of hydrogen-bond donors (Lipinski definition) is 1. The molecular weight excluding hydrogens is 436 g/mol. The third-order valence-corrected chi connectivity index (χ3v) is 7.16. The number of aryl methyl sites for hydroxylation is 3. The Morgan fingerprint density at radius 2 is 1.91 bits per heavy atom. The molecule has 0 radical (unpaired) electrons. The van der Waals surface area contributed by atoms with E-state index in [1.807, 2.05) is 52.5 Å². The number of amides is 1. The number of fused-ring (bicyclic) bond motifs is 1. The molecule has 1 aromatic carbocycles. The lowest BCUT2D eigenvalue weighted by atomic mass is 10.0. The molecule has 5 nitrogen and oxygen atoms in total. The van der Waals surface area contributed by atoms with Crippen LogP contribution in [0.25, 0.3) is 27.5 Å². The van der Waals surface area contributed by atoms with E-state index in [1.165, 1.54) is 22.5 Å². The quantitative estimate of drug-likeness (QED) is 0.337. The van der Waals surface area contributed by atoms with Crippen molar-refractivity contribution in [3.8, 4) is 21.8 Å². The number of thiophene rings is 1. The summed E-state index contributed by atoms with van der Waals surface area (Å²) < 4.78 is 2.01. The van der Waals surface area contributed by atoms with Crippen LogP contribution < -0.4 is 5.32 Å². The first-order valence-electron chi connectivity index (χ1n) is 10.3. The maximum Gasteiger partial charge on any atom is 0.232 e. The first-order valence-corrected chi connectivity index (χ1v) is 12.1. The van der Waals surface area contributed by atoms with E-state index < -0.39 is 0 Å². The molecule has 0 saturated heterocycles. The number of benzene rings is 1. The summed E-state index contributed by atoms with van der Waals surface area (Å²) in [6.07, 6.45) is 2.20. The molecule has 5 rings (SSSR count). The van der Waals surface area contributed by atoms with Gasteiger partial charge in [-0.3, -0.25) is 4.79 Å². The first-order chi connectivity index (χ1) is 15.5. The molecule has 1 N–H and O–H groups in total. The normalized spacial score (nSPS) is 11.2. The van der Waals surface area contributed by atoms with Crippen LogP contribution in [0.2, 0.25) is 0 Å². The van der Waals surface area contributed by atoms with E-state index in [1.54, 1.807) is 11.3 Å². The lowest BCUT2D eigenvalue weighted by molar-refractivity contribution is -0.115. The minimum absolute atomic E-state index is 0.107. The number of carbonyl (C=O) groups is 1. The van der Waals surface area contributed by atoms with E-state index in [-0.39, 0.29) is 12.3 Å². The Morgan fingerprint density at radius 1 is 1.03 bits per heavy atom. The molecule has 0 atom stereocenters. The number of thiazole rings is 1. The summed E-state index contributed by atoms with van der Waals surface area (Å²) in [6, 6.07) is 14.4. The van der Waals surface area contributed by atoms with Crippen molar-refractivity contribution in [3.63, 3.8) is 0 Å². The van der Waals surface area contributed by atoms with E-state index in [0.29, 0.717) is 5.13 Å². The summed E-state index contributed by atoms with van der Waals surface area (Å²) in [7, 11) is 0. The fourth-order valence-electron chi connectivity index (χ4n) is 3.67. The largest absolute Gasteiger partial charge is 0.303 e. The third-order valence-electron chi connectivity index (χ3n) is 5.51. The van der Waals surface area contributed by atoms with Crippen molar-refractivity contribution in [1.29, 1.82) is 0 Å². The van der Waals surface area contributed by atoms with Crippen molar-refractivity contribution in [3.05, 3.63) is 81.8 Å². The first kappa shape index (κ1) is 20.6. The van der Waals surface area contributed by atoms with Gasteiger partial charge in [0.2, 0.25) is 5.91 Å². The van der Waals surface area contributed by atoms with Crippen LogP contribution in [0.4, 0.5) is 5.13 Å². The van der Waals surface area contributed by atoms with E-state index in [4.69, 9.17) is 4.98 Å². The van der Waals surface area contributed by atoms with Crippen LogP contribution in [0.5, 0.6) is 0 Å². The van der Waals surface area contributed by atoms with Crippen molar-refractivity contribution in [2.75, 3.05) is 5.32 Å². The van der Waals surface area contributed by atoms with Gasteiger partial charge in [0.1, 0.15) is 5.65 Å². The average molecular weight is 459 g/mol. The number of pyridine rings is 1. The van der Waals surface area contributed by atoms with Gasteiger partial charge in [-0.1, -0.05) is 18.2 Å². The molecular formula is C25H22N4OS2. The van der Waals surface area contributed by atoms with Crippen molar-refractivity contribution in [2.24, 2.45) is 0 Å². The Hall–Kier alpha value is -3.29. The monoisotopic (exact) mass is 458 g/mol. The number of nitrogens with zero attached hydrogens (tertiary/aromatic N) is 3. The van der Waals surface area contributed by atoms with Crippen LogP contribution in [0.3, 0.4) is 0 Å². The van der Waals surface area contributed by atoms with Crippen molar-refractivity contribution < 1.29 is 4.79 Å². The number of aromatic nitrogens is 3. The molecule has 160 valence electrons. The Kier molecular flexibility index (Phi) is 5.36. The van der Waals surface area contributed by atoms with Gasteiger partial charge in [0.15, 0.2) is 5.13 Å². The topological polar surface area (TPSA) is 59.3 Å². The van der Waals surface area contributed by atoms with Gasteiger partial charge in [0.25, 0.3) is 0 Å². The third kappa shape index (κ3) is 3.97. The maximum absolute atomic E-state index is 13.0. The molecule has 4 heterocycles. The van der Waals surface area contributed by atoms with Crippen LogP contribution >= 0.6 is 22.7 Å². The van der Waals surface area contributed by atoms with E-state index in [0.717, 1.165) is 38.7 Å². The summed E-state index contributed by atoms with van der Waals surface area (Å²) in [5.41, 5.74) is 8.04. The molecule has 0 aliphatic rings. The summed E-state index contributed by atoms with van der Waals surface area (Å²) in [5, 5.41) is 7.57. The average Bonchev–Trinajstić information content (AvgIpc) is 3.50. The highest BCUT2D eigenvalue weighted by molar-refractivity contribution is 7.16. The number of anilines is 1. The Labute approximate surface area is 194 Å². The minimum Gasteiger partial charge on any atom is -0.303 e. The predicted molar refractivity (Wildman–Crippen MR) is 133 cm³/mol.